The second-order valence-corrected chi connectivity index (χ2v) is 4.37. The summed E-state index contributed by atoms with van der Waals surface area (Å²) in [6.07, 6.45) is 4.22. The molecule has 3 unspecified atom stereocenters. The number of nitrogens with zero attached hydrogens (tertiary/aromatic N) is 1. The Hall–Kier alpha value is -0.120. The summed E-state index contributed by atoms with van der Waals surface area (Å²) in [4.78, 5) is 2.57. The van der Waals surface area contributed by atoms with Crippen molar-refractivity contribution in [2.45, 2.75) is 31.3 Å². The molecule has 0 aromatic carbocycles. The standard InChI is InChI=1S/C10H20N2O/c1-13-7-10(5-11)12-6-8-2-3-9(12)4-8/h8-10H,2-7,11H2,1H3. The van der Waals surface area contributed by atoms with Crippen molar-refractivity contribution < 1.29 is 4.74 Å². The maximum absolute atomic E-state index is 5.75. The van der Waals surface area contributed by atoms with E-state index < -0.39 is 0 Å². The Bertz CT molecular complexity index is 174. The van der Waals surface area contributed by atoms with E-state index in [0.29, 0.717) is 6.04 Å². The lowest BCUT2D eigenvalue weighted by molar-refractivity contribution is 0.0734. The predicted molar refractivity (Wildman–Crippen MR) is 52.6 cm³/mol. The van der Waals surface area contributed by atoms with E-state index in [1.807, 2.05) is 0 Å². The minimum atomic E-state index is 0.459. The highest BCUT2D eigenvalue weighted by Crippen LogP contribution is 2.38. The van der Waals surface area contributed by atoms with Gasteiger partial charge in [0.2, 0.25) is 0 Å². The average molecular weight is 184 g/mol. The summed E-state index contributed by atoms with van der Waals surface area (Å²) >= 11 is 0. The molecule has 0 amide bonds. The first kappa shape index (κ1) is 9.44. The van der Waals surface area contributed by atoms with Crippen LogP contribution in [-0.4, -0.2) is 43.8 Å². The Morgan fingerprint density at radius 2 is 2.38 bits per heavy atom. The number of ether oxygens (including phenoxy) is 1. The van der Waals surface area contributed by atoms with Gasteiger partial charge in [-0.2, -0.15) is 0 Å². The van der Waals surface area contributed by atoms with Gasteiger partial charge in [-0.3, -0.25) is 4.90 Å². The zero-order valence-electron chi connectivity index (χ0n) is 8.41. The number of nitrogens with two attached hydrogens (primary N) is 1. The highest BCUT2D eigenvalue weighted by atomic mass is 16.5. The molecule has 0 radical (unpaired) electrons. The zero-order chi connectivity index (χ0) is 9.26. The molecule has 1 heterocycles. The molecule has 13 heavy (non-hydrogen) atoms. The number of methoxy groups -OCH3 is 1. The summed E-state index contributed by atoms with van der Waals surface area (Å²) in [7, 11) is 1.76. The second kappa shape index (κ2) is 3.95. The van der Waals surface area contributed by atoms with Gasteiger partial charge >= 0.3 is 0 Å². The molecule has 1 saturated heterocycles. The summed E-state index contributed by atoms with van der Waals surface area (Å²) in [5.74, 6) is 0.955. The van der Waals surface area contributed by atoms with Crippen LogP contribution in [0.25, 0.3) is 0 Å². The van der Waals surface area contributed by atoms with Crippen molar-refractivity contribution >= 4 is 0 Å². The molecule has 0 spiro atoms. The number of hydrogen-bond donors (Lipinski definition) is 1. The largest absolute Gasteiger partial charge is 0.383 e. The van der Waals surface area contributed by atoms with E-state index in [1.54, 1.807) is 7.11 Å². The van der Waals surface area contributed by atoms with Crippen LogP contribution in [0, 0.1) is 5.92 Å². The fourth-order valence-electron chi connectivity index (χ4n) is 2.90. The van der Waals surface area contributed by atoms with Crippen molar-refractivity contribution in [3.8, 4) is 0 Å². The Morgan fingerprint density at radius 3 is 2.85 bits per heavy atom. The quantitative estimate of drug-likeness (QED) is 0.689. The fourth-order valence-corrected chi connectivity index (χ4v) is 2.90. The predicted octanol–water partition coefficient (Wildman–Crippen LogP) is 0.444. The molecule has 3 heteroatoms. The highest BCUT2D eigenvalue weighted by Gasteiger charge is 2.40. The van der Waals surface area contributed by atoms with Gasteiger partial charge < -0.3 is 10.5 Å². The molecule has 1 aliphatic heterocycles. The van der Waals surface area contributed by atoms with Crippen LogP contribution in [0.5, 0.6) is 0 Å². The highest BCUT2D eigenvalue weighted by molar-refractivity contribution is 4.95. The van der Waals surface area contributed by atoms with E-state index in [4.69, 9.17) is 10.5 Å². The molecule has 3 nitrogen and oxygen atoms in total. The molecular weight excluding hydrogens is 164 g/mol. The van der Waals surface area contributed by atoms with Crippen LogP contribution >= 0.6 is 0 Å². The lowest BCUT2D eigenvalue weighted by Crippen LogP contribution is -2.47. The topological polar surface area (TPSA) is 38.5 Å². The molecule has 3 atom stereocenters. The molecule has 2 aliphatic rings. The van der Waals surface area contributed by atoms with E-state index >= 15 is 0 Å². The van der Waals surface area contributed by atoms with E-state index in [-0.39, 0.29) is 0 Å². The van der Waals surface area contributed by atoms with Gasteiger partial charge in [-0.15, -0.1) is 0 Å². The number of hydrogen-bond acceptors (Lipinski definition) is 3. The number of likely N-dealkylation sites (tertiary alicyclic amines) is 1. The minimum Gasteiger partial charge on any atom is -0.383 e. The fraction of sp³-hybridized carbons (Fsp3) is 1.00. The van der Waals surface area contributed by atoms with E-state index in [1.165, 1.54) is 25.8 Å². The Morgan fingerprint density at radius 1 is 1.54 bits per heavy atom. The van der Waals surface area contributed by atoms with Gasteiger partial charge in [-0.25, -0.2) is 0 Å². The first-order valence-electron chi connectivity index (χ1n) is 5.30. The van der Waals surface area contributed by atoms with Gasteiger partial charge in [0, 0.05) is 32.3 Å². The first-order chi connectivity index (χ1) is 6.35. The Kier molecular flexibility index (Phi) is 2.86. The van der Waals surface area contributed by atoms with Crippen LogP contribution in [0.2, 0.25) is 0 Å². The van der Waals surface area contributed by atoms with Crippen LogP contribution in [-0.2, 0) is 4.74 Å². The van der Waals surface area contributed by atoms with Crippen molar-refractivity contribution in [1.29, 1.82) is 0 Å². The average Bonchev–Trinajstić information content (AvgIpc) is 2.74. The summed E-state index contributed by atoms with van der Waals surface area (Å²) < 4.78 is 5.19. The molecule has 2 fully saturated rings. The van der Waals surface area contributed by atoms with Crippen molar-refractivity contribution in [1.82, 2.24) is 4.90 Å². The SMILES string of the molecule is COCC(CN)N1CC2CCC1C2. The molecular formula is C10H20N2O. The van der Waals surface area contributed by atoms with Crippen molar-refractivity contribution in [3.63, 3.8) is 0 Å². The molecule has 0 aromatic rings. The maximum atomic E-state index is 5.75. The van der Waals surface area contributed by atoms with E-state index in [2.05, 4.69) is 4.90 Å². The van der Waals surface area contributed by atoms with Gasteiger partial charge in [0.05, 0.1) is 6.61 Å². The van der Waals surface area contributed by atoms with Gasteiger partial charge in [-0.05, 0) is 25.2 Å². The summed E-state index contributed by atoms with van der Waals surface area (Å²) in [6, 6.07) is 1.27. The normalized spacial score (nSPS) is 35.5. The Labute approximate surface area is 80.2 Å². The maximum Gasteiger partial charge on any atom is 0.0630 e. The van der Waals surface area contributed by atoms with Gasteiger partial charge in [0.1, 0.15) is 0 Å². The van der Waals surface area contributed by atoms with Crippen LogP contribution in [0.15, 0.2) is 0 Å². The lowest BCUT2D eigenvalue weighted by Gasteiger charge is -2.33. The number of rotatable bonds is 4. The van der Waals surface area contributed by atoms with Crippen LogP contribution in [0.4, 0.5) is 0 Å². The smallest absolute Gasteiger partial charge is 0.0630 e. The molecule has 2 N–H and O–H groups in total. The van der Waals surface area contributed by atoms with Crippen molar-refractivity contribution in [2.75, 3.05) is 26.8 Å². The van der Waals surface area contributed by atoms with Crippen molar-refractivity contribution in [3.05, 3.63) is 0 Å². The minimum absolute atomic E-state index is 0.459. The molecule has 2 rings (SSSR count). The molecule has 1 aliphatic carbocycles. The van der Waals surface area contributed by atoms with Crippen LogP contribution in [0.1, 0.15) is 19.3 Å². The third-order valence-electron chi connectivity index (χ3n) is 3.55. The first-order valence-corrected chi connectivity index (χ1v) is 5.30. The lowest BCUT2D eigenvalue weighted by atomic mass is 10.1. The molecule has 0 aromatic heterocycles. The van der Waals surface area contributed by atoms with Gasteiger partial charge in [0.25, 0.3) is 0 Å². The molecule has 76 valence electrons. The monoisotopic (exact) mass is 184 g/mol. The van der Waals surface area contributed by atoms with Crippen LogP contribution in [0.3, 0.4) is 0 Å². The Balaban J connectivity index is 1.92. The second-order valence-electron chi connectivity index (χ2n) is 4.37. The van der Waals surface area contributed by atoms with E-state index in [9.17, 15) is 0 Å². The zero-order valence-corrected chi connectivity index (χ0v) is 8.41. The third-order valence-corrected chi connectivity index (χ3v) is 3.55. The van der Waals surface area contributed by atoms with Gasteiger partial charge in [-0.1, -0.05) is 0 Å². The van der Waals surface area contributed by atoms with Crippen molar-refractivity contribution in [2.24, 2.45) is 11.7 Å². The summed E-state index contributed by atoms with van der Waals surface area (Å²) in [6.45, 7) is 2.78. The van der Waals surface area contributed by atoms with Gasteiger partial charge in [0.15, 0.2) is 0 Å². The number of fused-ring (bicyclic) bond motifs is 2. The molecule has 2 bridgehead atoms. The summed E-state index contributed by atoms with van der Waals surface area (Å²) in [5, 5.41) is 0. The number of piperidine rings is 1. The molecule has 1 saturated carbocycles. The summed E-state index contributed by atoms with van der Waals surface area (Å²) in [5.41, 5.74) is 5.75. The van der Waals surface area contributed by atoms with E-state index in [0.717, 1.165) is 25.1 Å². The third kappa shape index (κ3) is 1.73. The van der Waals surface area contributed by atoms with Crippen LogP contribution < -0.4 is 5.73 Å².